The van der Waals surface area contributed by atoms with Gasteiger partial charge in [-0.05, 0) is 30.5 Å². The number of nitrogens with two attached hydrogens (primary N) is 1. The molecule has 26 heteroatoms. The maximum Gasteiger partial charge on any atom is 0.511 e. The Labute approximate surface area is 249 Å². The number of alkyl halides is 20. The highest BCUT2D eigenvalue weighted by Gasteiger charge is 2.95. The van der Waals surface area contributed by atoms with Crippen LogP contribution in [0, 0.1) is 0 Å². The average molecular weight is 758 g/mol. The normalized spacial score (nSPS) is 15.9. The fraction of sp³-hybridized carbons (Fsp3) is 0.714. The largest absolute Gasteiger partial charge is 0.511 e. The summed E-state index contributed by atoms with van der Waals surface area (Å²) in [6, 6.07) is 2.33. The Balaban J connectivity index is 3.03. The minimum absolute atomic E-state index is 0.0578. The molecule has 276 valence electrons. The average Bonchev–Trinajstić information content (AvgIpc) is 2.89. The lowest BCUT2D eigenvalue weighted by molar-refractivity contribution is -0.461. The van der Waals surface area contributed by atoms with E-state index >= 15 is 0 Å². The van der Waals surface area contributed by atoms with E-state index in [0.29, 0.717) is 0 Å². The van der Waals surface area contributed by atoms with Crippen LogP contribution in [0.25, 0.3) is 0 Å². The summed E-state index contributed by atoms with van der Waals surface area (Å²) < 4.78 is 292. The van der Waals surface area contributed by atoms with Crippen molar-refractivity contribution >= 4 is 10.0 Å². The Morgan fingerprint density at radius 2 is 1.04 bits per heavy atom. The molecular formula is C21H18F20N2O3S. The number of rotatable bonds is 16. The van der Waals surface area contributed by atoms with Gasteiger partial charge in [0.05, 0.1) is 6.61 Å². The van der Waals surface area contributed by atoms with Gasteiger partial charge in [0.2, 0.25) is 0 Å². The topological polar surface area (TPSA) is 81.4 Å². The van der Waals surface area contributed by atoms with Gasteiger partial charge in [-0.1, -0.05) is 12.1 Å². The van der Waals surface area contributed by atoms with E-state index in [9.17, 15) is 96.2 Å². The lowest BCUT2D eigenvalue weighted by Crippen LogP contribution is -2.74. The Morgan fingerprint density at radius 3 is 1.43 bits per heavy atom. The summed E-state index contributed by atoms with van der Waals surface area (Å²) in [7, 11) is -5.82. The fourth-order valence-electron chi connectivity index (χ4n) is 3.30. The molecule has 1 aromatic carbocycles. The third kappa shape index (κ3) is 7.72. The minimum atomic E-state index is -8.72. The lowest BCUT2D eigenvalue weighted by Gasteiger charge is -2.42. The second-order valence-corrected chi connectivity index (χ2v) is 11.2. The van der Waals surface area contributed by atoms with Crippen LogP contribution in [-0.2, 0) is 16.4 Å². The molecule has 0 saturated heterocycles. The van der Waals surface area contributed by atoms with Gasteiger partial charge in [-0.15, -0.1) is 0 Å². The molecule has 1 atom stereocenters. The van der Waals surface area contributed by atoms with Crippen LogP contribution in [0.15, 0.2) is 24.3 Å². The summed E-state index contributed by atoms with van der Waals surface area (Å²) in [6.45, 7) is -1.87. The molecule has 5 nitrogen and oxygen atoms in total. The van der Waals surface area contributed by atoms with E-state index in [1.807, 2.05) is 0 Å². The van der Waals surface area contributed by atoms with Crippen LogP contribution in [-0.4, -0.2) is 80.8 Å². The SMILES string of the molecule is NC[C@H](Cc1ccc(OCCCC(F)(F)C(F)(F)C(F)(F)C(F)(F)C(F)(F)C(F)(F)C(F)(F)C(F)(F)F)cc1)NS(=O)(=O)C(F)(F)F. The lowest BCUT2D eigenvalue weighted by atomic mass is 9.88. The van der Waals surface area contributed by atoms with Crippen molar-refractivity contribution in [1.82, 2.24) is 4.72 Å². The molecule has 0 aliphatic rings. The van der Waals surface area contributed by atoms with E-state index in [-0.39, 0.29) is 5.56 Å². The fourth-order valence-corrected chi connectivity index (χ4v) is 4.06. The van der Waals surface area contributed by atoms with Crippen molar-refractivity contribution in [3.05, 3.63) is 29.8 Å². The van der Waals surface area contributed by atoms with Crippen LogP contribution in [0.2, 0.25) is 0 Å². The summed E-state index contributed by atoms with van der Waals surface area (Å²) in [5.41, 5.74) is -0.425. The highest BCUT2D eigenvalue weighted by Crippen LogP contribution is 2.64. The predicted molar refractivity (Wildman–Crippen MR) is 117 cm³/mol. The van der Waals surface area contributed by atoms with E-state index in [4.69, 9.17) is 10.5 Å². The molecule has 3 N–H and O–H groups in total. The Morgan fingerprint density at radius 1 is 0.638 bits per heavy atom. The molecule has 0 radical (unpaired) electrons. The predicted octanol–water partition coefficient (Wildman–Crippen LogP) is 7.16. The smallest absolute Gasteiger partial charge is 0.494 e. The molecule has 0 aliphatic carbocycles. The van der Waals surface area contributed by atoms with Crippen LogP contribution in [0.1, 0.15) is 18.4 Å². The second-order valence-electron chi connectivity index (χ2n) is 9.45. The van der Waals surface area contributed by atoms with E-state index in [2.05, 4.69) is 0 Å². The number of halogens is 20. The number of hydrogen-bond donors (Lipinski definition) is 2. The number of ether oxygens (including phenoxy) is 1. The number of sulfonamides is 1. The summed E-state index contributed by atoms with van der Waals surface area (Å²) >= 11 is 0. The first-order valence-electron chi connectivity index (χ1n) is 11.8. The van der Waals surface area contributed by atoms with Gasteiger partial charge in [0, 0.05) is 19.0 Å². The molecule has 1 aromatic rings. The Bertz CT molecular complexity index is 1310. The monoisotopic (exact) mass is 758 g/mol. The zero-order valence-electron chi connectivity index (χ0n) is 22.2. The number of nitrogens with one attached hydrogen (secondary N) is 1. The van der Waals surface area contributed by atoms with Crippen molar-refractivity contribution in [3.8, 4) is 5.75 Å². The third-order valence-corrected chi connectivity index (χ3v) is 7.26. The molecule has 47 heavy (non-hydrogen) atoms. The van der Waals surface area contributed by atoms with Gasteiger partial charge in [0.15, 0.2) is 0 Å². The van der Waals surface area contributed by atoms with Gasteiger partial charge in [-0.2, -0.15) is 87.8 Å². The van der Waals surface area contributed by atoms with Gasteiger partial charge < -0.3 is 10.5 Å². The highest BCUT2D eigenvalue weighted by atomic mass is 32.2. The zero-order valence-corrected chi connectivity index (χ0v) is 23.0. The first-order valence-corrected chi connectivity index (χ1v) is 13.3. The van der Waals surface area contributed by atoms with Crippen LogP contribution in [0.3, 0.4) is 0 Å². The summed E-state index contributed by atoms with van der Waals surface area (Å²) in [5.74, 6) is -57.4. The number of benzene rings is 1. The minimum Gasteiger partial charge on any atom is -0.494 e. The molecule has 0 aromatic heterocycles. The third-order valence-electron chi connectivity index (χ3n) is 6.01. The number of hydrogen-bond acceptors (Lipinski definition) is 4. The first kappa shape index (κ1) is 42.5. The zero-order chi connectivity index (χ0) is 37.5. The van der Waals surface area contributed by atoms with Crippen LogP contribution in [0.4, 0.5) is 87.8 Å². The first-order chi connectivity index (χ1) is 20.6. The Kier molecular flexibility index (Phi) is 11.8. The molecule has 1 rings (SSSR count). The van der Waals surface area contributed by atoms with Crippen molar-refractivity contribution in [2.45, 2.75) is 78.4 Å². The van der Waals surface area contributed by atoms with E-state index < -0.39 is 107 Å². The highest BCUT2D eigenvalue weighted by molar-refractivity contribution is 7.90. The van der Waals surface area contributed by atoms with Crippen molar-refractivity contribution in [2.75, 3.05) is 13.2 Å². The summed E-state index contributed by atoms with van der Waals surface area (Å²) in [6.07, 6.45) is -12.6. The van der Waals surface area contributed by atoms with Gasteiger partial charge in [-0.3, -0.25) is 0 Å². The molecule has 0 unspecified atom stereocenters. The maximum absolute atomic E-state index is 14.0. The van der Waals surface area contributed by atoms with Gasteiger partial charge >= 0.3 is 63.2 Å². The summed E-state index contributed by atoms with van der Waals surface area (Å²) in [5, 5.41) is 0. The van der Waals surface area contributed by atoms with Crippen LogP contribution < -0.4 is 15.2 Å². The van der Waals surface area contributed by atoms with Crippen molar-refractivity contribution < 1.29 is 101 Å². The quantitative estimate of drug-likeness (QED) is 0.139. The molecule has 0 bridgehead atoms. The van der Waals surface area contributed by atoms with Gasteiger partial charge in [0.25, 0.3) is 0 Å². The van der Waals surface area contributed by atoms with Crippen molar-refractivity contribution in [1.29, 1.82) is 0 Å². The molecule has 0 amide bonds. The maximum atomic E-state index is 14.0. The van der Waals surface area contributed by atoms with Crippen molar-refractivity contribution in [3.63, 3.8) is 0 Å². The van der Waals surface area contributed by atoms with Gasteiger partial charge in [-0.25, -0.2) is 13.1 Å². The molecule has 0 fully saturated rings. The molecule has 0 heterocycles. The second kappa shape index (κ2) is 13.1. The molecule has 0 saturated carbocycles. The van der Waals surface area contributed by atoms with E-state index in [1.165, 1.54) is 4.72 Å². The standard InChI is InChI=1S/C21H18F20N2O3S/c22-13(23,14(24,25)15(26,27)16(28,29)17(30,31)18(32,33)19(34,35)20(36,37)38)6-1-7-46-12-4-2-10(3-5-12)8-11(9-42)43-47(44,45)21(39,40)41/h2-5,11,43H,1,6-9,42H2/t11-/m0/s1. The van der Waals surface area contributed by atoms with Gasteiger partial charge in [0.1, 0.15) is 5.75 Å². The molecular weight excluding hydrogens is 740 g/mol. The summed E-state index contributed by atoms with van der Waals surface area (Å²) in [4.78, 5) is 0. The van der Waals surface area contributed by atoms with Crippen molar-refractivity contribution in [2.24, 2.45) is 5.73 Å². The van der Waals surface area contributed by atoms with E-state index in [1.54, 1.807) is 0 Å². The van der Waals surface area contributed by atoms with Crippen LogP contribution in [0.5, 0.6) is 5.75 Å². The Hall–Kier alpha value is -2.51. The molecule has 0 spiro atoms. The van der Waals surface area contributed by atoms with E-state index in [0.717, 1.165) is 24.3 Å². The molecule has 0 aliphatic heterocycles. The van der Waals surface area contributed by atoms with Crippen LogP contribution >= 0.6 is 0 Å².